The SMILES string of the molecule is CN(C[B-](F)(F)F)C(C)(C)CO. The Kier molecular flexibility index (Phi) is 3.59. The molecule has 0 spiro atoms. The van der Waals surface area contributed by atoms with Crippen LogP contribution in [0.25, 0.3) is 0 Å². The summed E-state index contributed by atoms with van der Waals surface area (Å²) in [5.41, 5.74) is -0.808. The zero-order valence-corrected chi connectivity index (χ0v) is 7.52. The van der Waals surface area contributed by atoms with Gasteiger partial charge in [-0.3, -0.25) is 0 Å². The minimum absolute atomic E-state index is 0.282. The van der Waals surface area contributed by atoms with Gasteiger partial charge >= 0.3 is 6.98 Å². The van der Waals surface area contributed by atoms with Crippen molar-refractivity contribution in [1.29, 1.82) is 0 Å². The number of likely N-dealkylation sites (N-methyl/N-ethyl adjacent to an activating group) is 1. The Morgan fingerprint density at radius 3 is 2.00 bits per heavy atom. The van der Waals surface area contributed by atoms with E-state index in [2.05, 4.69) is 0 Å². The second kappa shape index (κ2) is 3.66. The number of hydrogen-bond acceptors (Lipinski definition) is 2. The molecule has 0 rings (SSSR count). The van der Waals surface area contributed by atoms with Crippen LogP contribution in [0.1, 0.15) is 13.8 Å². The highest BCUT2D eigenvalue weighted by atomic mass is 19.4. The van der Waals surface area contributed by atoms with Gasteiger partial charge in [0.15, 0.2) is 0 Å². The van der Waals surface area contributed by atoms with Crippen LogP contribution in [0.3, 0.4) is 0 Å². The Balaban J connectivity index is 4.13. The second-order valence-corrected chi connectivity index (χ2v) is 3.56. The Morgan fingerprint density at radius 1 is 1.33 bits per heavy atom. The third-order valence-corrected chi connectivity index (χ3v) is 1.90. The molecule has 0 aromatic rings. The molecule has 0 aliphatic heterocycles. The first-order valence-corrected chi connectivity index (χ1v) is 3.72. The minimum Gasteiger partial charge on any atom is -0.448 e. The van der Waals surface area contributed by atoms with Gasteiger partial charge in [-0.05, 0) is 27.3 Å². The van der Waals surface area contributed by atoms with Gasteiger partial charge in [0.2, 0.25) is 0 Å². The Morgan fingerprint density at radius 2 is 1.75 bits per heavy atom. The monoisotopic (exact) mass is 184 g/mol. The summed E-state index contributed by atoms with van der Waals surface area (Å²) in [6.45, 7) is -1.96. The van der Waals surface area contributed by atoms with Crippen molar-refractivity contribution in [2.45, 2.75) is 19.4 Å². The molecule has 74 valence electrons. The molecule has 0 aromatic heterocycles. The maximum Gasteiger partial charge on any atom is 0.492 e. The highest BCUT2D eigenvalue weighted by Gasteiger charge is 2.31. The molecular formula is C6H14BF3NO-. The van der Waals surface area contributed by atoms with Crippen molar-refractivity contribution < 1.29 is 18.1 Å². The number of nitrogens with zero attached hydrogens (tertiary/aromatic N) is 1. The van der Waals surface area contributed by atoms with Gasteiger partial charge in [-0.15, -0.1) is 0 Å². The van der Waals surface area contributed by atoms with Crippen molar-refractivity contribution in [3.05, 3.63) is 0 Å². The van der Waals surface area contributed by atoms with Crippen molar-refractivity contribution in [3.63, 3.8) is 0 Å². The Labute approximate surface area is 70.4 Å². The molecule has 0 aliphatic rings. The molecule has 0 atom stereocenters. The molecule has 6 heteroatoms. The van der Waals surface area contributed by atoms with Gasteiger partial charge in [-0.1, -0.05) is 0 Å². The molecule has 12 heavy (non-hydrogen) atoms. The molecule has 0 unspecified atom stereocenters. The summed E-state index contributed by atoms with van der Waals surface area (Å²) in [6, 6.07) is 0. The fourth-order valence-electron chi connectivity index (χ4n) is 0.678. The van der Waals surface area contributed by atoms with E-state index in [4.69, 9.17) is 5.11 Å². The van der Waals surface area contributed by atoms with Crippen molar-refractivity contribution >= 4 is 6.98 Å². The molecule has 2 nitrogen and oxygen atoms in total. The summed E-state index contributed by atoms with van der Waals surface area (Å²) in [5.74, 6) is 0. The summed E-state index contributed by atoms with van der Waals surface area (Å²) in [4.78, 5) is 1.10. The van der Waals surface area contributed by atoms with Gasteiger partial charge in [-0.2, -0.15) is 0 Å². The van der Waals surface area contributed by atoms with E-state index in [-0.39, 0.29) is 6.61 Å². The first kappa shape index (κ1) is 11.8. The van der Waals surface area contributed by atoms with Crippen molar-refractivity contribution in [2.24, 2.45) is 0 Å². The van der Waals surface area contributed by atoms with Gasteiger partial charge in [0.25, 0.3) is 0 Å². The molecule has 0 saturated heterocycles. The molecule has 0 saturated carbocycles. The maximum absolute atomic E-state index is 11.9. The predicted octanol–water partition coefficient (Wildman–Crippen LogP) is 1.08. The predicted molar refractivity (Wildman–Crippen MR) is 42.9 cm³/mol. The lowest BCUT2D eigenvalue weighted by Gasteiger charge is -2.37. The Bertz CT molecular complexity index is 148. The number of aliphatic hydroxyl groups is 1. The molecular weight excluding hydrogens is 170 g/mol. The summed E-state index contributed by atoms with van der Waals surface area (Å²) >= 11 is 0. The van der Waals surface area contributed by atoms with Crippen LogP contribution in [-0.4, -0.2) is 42.6 Å². The van der Waals surface area contributed by atoms with E-state index in [0.29, 0.717) is 0 Å². The van der Waals surface area contributed by atoms with E-state index in [1.807, 2.05) is 0 Å². The lowest BCUT2D eigenvalue weighted by Crippen LogP contribution is -2.49. The maximum atomic E-state index is 11.9. The normalized spacial score (nSPS) is 14.0. The zero-order chi connectivity index (χ0) is 9.99. The summed E-state index contributed by atoms with van der Waals surface area (Å²) in [6.07, 6.45) is -0.937. The fraction of sp³-hybridized carbons (Fsp3) is 1.00. The molecule has 0 bridgehead atoms. The van der Waals surface area contributed by atoms with Crippen LogP contribution in [0.2, 0.25) is 0 Å². The van der Waals surface area contributed by atoms with E-state index in [1.54, 1.807) is 13.8 Å². The molecule has 0 radical (unpaired) electrons. The third kappa shape index (κ3) is 3.97. The fourth-order valence-corrected chi connectivity index (χ4v) is 0.678. The summed E-state index contributed by atoms with van der Waals surface area (Å²) in [5, 5.41) is 8.76. The van der Waals surface area contributed by atoms with Crippen molar-refractivity contribution in [1.82, 2.24) is 4.90 Å². The highest BCUT2D eigenvalue weighted by molar-refractivity contribution is 6.58. The van der Waals surface area contributed by atoms with E-state index in [1.165, 1.54) is 7.05 Å². The first-order valence-electron chi connectivity index (χ1n) is 3.72. The molecule has 0 fully saturated rings. The standard InChI is InChI=1S/C6H14BF3NO/c1-6(2,4-12)11(3)5-7(8,9)10/h12H,4-5H2,1-3H3/q-1. The van der Waals surface area contributed by atoms with Crippen LogP contribution in [0.4, 0.5) is 12.9 Å². The number of hydrogen-bond donors (Lipinski definition) is 1. The molecule has 0 aromatic carbocycles. The lowest BCUT2D eigenvalue weighted by atomic mass is 9.88. The van der Waals surface area contributed by atoms with Gasteiger partial charge in [0.05, 0.1) is 6.61 Å². The molecule has 0 aliphatic carbocycles. The average Bonchev–Trinajstić information content (AvgIpc) is 1.84. The second-order valence-electron chi connectivity index (χ2n) is 3.56. The summed E-state index contributed by atoms with van der Waals surface area (Å²) < 4.78 is 35.7. The van der Waals surface area contributed by atoms with Gasteiger partial charge in [-0.25, -0.2) is 0 Å². The summed E-state index contributed by atoms with van der Waals surface area (Å²) in [7, 11) is 1.35. The van der Waals surface area contributed by atoms with Gasteiger partial charge < -0.3 is 23.0 Å². The van der Waals surface area contributed by atoms with Crippen LogP contribution in [0.5, 0.6) is 0 Å². The van der Waals surface area contributed by atoms with E-state index in [0.717, 1.165) is 4.90 Å². The van der Waals surface area contributed by atoms with Crippen LogP contribution in [0, 0.1) is 0 Å². The zero-order valence-electron chi connectivity index (χ0n) is 7.52. The van der Waals surface area contributed by atoms with Crippen molar-refractivity contribution in [2.75, 3.05) is 20.1 Å². The molecule has 1 N–H and O–H groups in total. The van der Waals surface area contributed by atoms with Gasteiger partial charge in [0.1, 0.15) is 0 Å². The molecule has 0 amide bonds. The van der Waals surface area contributed by atoms with E-state index >= 15 is 0 Å². The lowest BCUT2D eigenvalue weighted by molar-refractivity contribution is 0.0860. The first-order chi connectivity index (χ1) is 5.19. The van der Waals surface area contributed by atoms with E-state index in [9.17, 15) is 12.9 Å². The van der Waals surface area contributed by atoms with E-state index < -0.39 is 19.0 Å². The quantitative estimate of drug-likeness (QED) is 0.660. The smallest absolute Gasteiger partial charge is 0.448 e. The highest BCUT2D eigenvalue weighted by Crippen LogP contribution is 2.16. The third-order valence-electron chi connectivity index (χ3n) is 1.90. The average molecular weight is 184 g/mol. The van der Waals surface area contributed by atoms with Crippen LogP contribution < -0.4 is 0 Å². The number of aliphatic hydroxyl groups excluding tert-OH is 1. The minimum atomic E-state index is -4.80. The Hall–Kier alpha value is -0.225. The largest absolute Gasteiger partial charge is 0.492 e. The van der Waals surface area contributed by atoms with Crippen LogP contribution >= 0.6 is 0 Å². The van der Waals surface area contributed by atoms with Gasteiger partial charge in [0, 0.05) is 5.54 Å². The van der Waals surface area contributed by atoms with Crippen LogP contribution in [0.15, 0.2) is 0 Å². The van der Waals surface area contributed by atoms with Crippen LogP contribution in [-0.2, 0) is 0 Å². The number of rotatable bonds is 4. The topological polar surface area (TPSA) is 23.5 Å². The van der Waals surface area contributed by atoms with Crippen molar-refractivity contribution in [3.8, 4) is 0 Å². The molecule has 0 heterocycles. The number of halogens is 3.